The number of nitrogens with zero attached hydrogens (tertiary/aromatic N) is 3. The summed E-state index contributed by atoms with van der Waals surface area (Å²) in [6.07, 6.45) is 8.39. The van der Waals surface area contributed by atoms with E-state index in [2.05, 4.69) is 29.3 Å². The van der Waals surface area contributed by atoms with Gasteiger partial charge in [0.2, 0.25) is 0 Å². The van der Waals surface area contributed by atoms with Gasteiger partial charge in [0, 0.05) is 44.0 Å². The minimum atomic E-state index is -0.865. The van der Waals surface area contributed by atoms with E-state index < -0.39 is 5.54 Å². The van der Waals surface area contributed by atoms with Crippen LogP contribution in [0.2, 0.25) is 0 Å². The zero-order valence-corrected chi connectivity index (χ0v) is 21.5. The molecule has 4 heterocycles. The molecule has 0 radical (unpaired) electrons. The normalized spacial score (nSPS) is 27.6. The lowest BCUT2D eigenvalue weighted by Gasteiger charge is -2.41. The summed E-state index contributed by atoms with van der Waals surface area (Å²) in [4.78, 5) is 45.4. The molecule has 196 valence electrons. The monoisotopic (exact) mass is 496 g/mol. The molecule has 4 fully saturated rings. The first-order chi connectivity index (χ1) is 17.5. The molecule has 1 aromatic carbocycles. The zero-order chi connectivity index (χ0) is 25.1. The second kappa shape index (κ2) is 10.8. The standard InChI is InChI=1S/C28H40N4O4/c1-2-14-28(26(34)32(27(35)29-28)20-24-7-6-19-36-24)22-12-17-31(18-13-22)25(33)21-8-10-23(11-9-21)30-15-4-3-5-16-30/h8-11,22,24H,2-7,12-20H2,1H3,(H,29,35)/t24-,28-/m1/s1. The molecule has 4 aliphatic heterocycles. The molecule has 0 aromatic heterocycles. The van der Waals surface area contributed by atoms with Crippen LogP contribution in [0.4, 0.5) is 10.5 Å². The van der Waals surface area contributed by atoms with Gasteiger partial charge in [-0.25, -0.2) is 4.79 Å². The molecule has 0 aliphatic carbocycles. The van der Waals surface area contributed by atoms with E-state index in [1.54, 1.807) is 0 Å². The van der Waals surface area contributed by atoms with E-state index in [-0.39, 0.29) is 29.9 Å². The first-order valence-electron chi connectivity index (χ1n) is 13.9. The van der Waals surface area contributed by atoms with Crippen molar-refractivity contribution in [1.82, 2.24) is 15.1 Å². The van der Waals surface area contributed by atoms with Gasteiger partial charge in [-0.1, -0.05) is 13.3 Å². The minimum Gasteiger partial charge on any atom is -0.376 e. The average molecular weight is 497 g/mol. The third-order valence-corrected chi connectivity index (χ3v) is 8.57. The number of piperidine rings is 2. The Bertz CT molecular complexity index is 947. The van der Waals surface area contributed by atoms with E-state index in [4.69, 9.17) is 4.74 Å². The van der Waals surface area contributed by atoms with Gasteiger partial charge >= 0.3 is 6.03 Å². The van der Waals surface area contributed by atoms with Crippen LogP contribution in [0.25, 0.3) is 0 Å². The number of carbonyl (C=O) groups excluding carboxylic acids is 3. The van der Waals surface area contributed by atoms with E-state index in [0.717, 1.165) is 32.4 Å². The molecule has 0 bridgehead atoms. The van der Waals surface area contributed by atoms with Gasteiger partial charge in [-0.2, -0.15) is 0 Å². The molecule has 0 unspecified atom stereocenters. The molecule has 8 heteroatoms. The lowest BCUT2D eigenvalue weighted by atomic mass is 9.74. The number of ether oxygens (including phenoxy) is 1. The van der Waals surface area contributed by atoms with Crippen molar-refractivity contribution in [3.8, 4) is 0 Å². The van der Waals surface area contributed by atoms with Crippen molar-refractivity contribution >= 4 is 23.5 Å². The fraction of sp³-hybridized carbons (Fsp3) is 0.679. The van der Waals surface area contributed by atoms with Gasteiger partial charge < -0.3 is 19.9 Å². The van der Waals surface area contributed by atoms with Crippen molar-refractivity contribution in [2.75, 3.05) is 44.2 Å². The predicted molar refractivity (Wildman–Crippen MR) is 138 cm³/mol. The Labute approximate surface area is 214 Å². The Hall–Kier alpha value is -2.61. The van der Waals surface area contributed by atoms with E-state index >= 15 is 0 Å². The summed E-state index contributed by atoms with van der Waals surface area (Å²) in [5.41, 5.74) is 1.04. The topological polar surface area (TPSA) is 82.2 Å². The van der Waals surface area contributed by atoms with Crippen molar-refractivity contribution < 1.29 is 19.1 Å². The number of hydrogen-bond acceptors (Lipinski definition) is 5. The van der Waals surface area contributed by atoms with Crippen molar-refractivity contribution in [2.24, 2.45) is 5.92 Å². The van der Waals surface area contributed by atoms with Crippen molar-refractivity contribution in [1.29, 1.82) is 0 Å². The summed E-state index contributed by atoms with van der Waals surface area (Å²) >= 11 is 0. The number of benzene rings is 1. The number of anilines is 1. The molecule has 36 heavy (non-hydrogen) atoms. The lowest BCUT2D eigenvalue weighted by Crippen LogP contribution is -2.56. The first kappa shape index (κ1) is 25.1. The number of hydrogen-bond donors (Lipinski definition) is 1. The van der Waals surface area contributed by atoms with Crippen LogP contribution in [0.3, 0.4) is 0 Å². The fourth-order valence-electron chi connectivity index (χ4n) is 6.57. The molecule has 8 nitrogen and oxygen atoms in total. The maximum absolute atomic E-state index is 13.6. The zero-order valence-electron chi connectivity index (χ0n) is 21.5. The van der Waals surface area contributed by atoms with Crippen molar-refractivity contribution in [2.45, 2.75) is 76.4 Å². The van der Waals surface area contributed by atoms with Crippen LogP contribution >= 0.6 is 0 Å². The van der Waals surface area contributed by atoms with Crippen LogP contribution in [0.5, 0.6) is 0 Å². The van der Waals surface area contributed by atoms with Crippen LogP contribution in [-0.4, -0.2) is 78.6 Å². The van der Waals surface area contributed by atoms with Crippen molar-refractivity contribution in [3.63, 3.8) is 0 Å². The van der Waals surface area contributed by atoms with Gasteiger partial charge in [0.1, 0.15) is 5.54 Å². The van der Waals surface area contributed by atoms with Crippen LogP contribution in [0.1, 0.15) is 75.1 Å². The molecule has 2 atom stereocenters. The molecular weight excluding hydrogens is 456 g/mol. The third kappa shape index (κ3) is 4.84. The van der Waals surface area contributed by atoms with Crippen LogP contribution in [0, 0.1) is 5.92 Å². The summed E-state index contributed by atoms with van der Waals surface area (Å²) < 4.78 is 5.69. The molecular formula is C28H40N4O4. The Morgan fingerprint density at radius 3 is 2.36 bits per heavy atom. The summed E-state index contributed by atoms with van der Waals surface area (Å²) in [5.74, 6) is -0.0400. The maximum Gasteiger partial charge on any atom is 0.325 e. The number of carbonyl (C=O) groups is 3. The highest BCUT2D eigenvalue weighted by atomic mass is 16.5. The smallest absolute Gasteiger partial charge is 0.325 e. The Kier molecular flexibility index (Phi) is 7.51. The van der Waals surface area contributed by atoms with Gasteiger partial charge in [0.15, 0.2) is 0 Å². The number of urea groups is 1. The lowest BCUT2D eigenvalue weighted by molar-refractivity contribution is -0.135. The van der Waals surface area contributed by atoms with E-state index in [1.165, 1.54) is 29.8 Å². The Balaban J connectivity index is 1.22. The third-order valence-electron chi connectivity index (χ3n) is 8.57. The largest absolute Gasteiger partial charge is 0.376 e. The second-order valence-electron chi connectivity index (χ2n) is 10.9. The summed E-state index contributed by atoms with van der Waals surface area (Å²) in [6, 6.07) is 7.73. The van der Waals surface area contributed by atoms with E-state index in [0.29, 0.717) is 51.1 Å². The van der Waals surface area contributed by atoms with Gasteiger partial charge in [-0.05, 0) is 81.5 Å². The van der Waals surface area contributed by atoms with Crippen LogP contribution in [0.15, 0.2) is 24.3 Å². The summed E-state index contributed by atoms with van der Waals surface area (Å²) in [6.45, 7) is 6.44. The highest BCUT2D eigenvalue weighted by molar-refractivity contribution is 6.07. The Morgan fingerprint density at radius 2 is 1.72 bits per heavy atom. The Morgan fingerprint density at radius 1 is 1.00 bits per heavy atom. The molecule has 5 rings (SSSR count). The van der Waals surface area contributed by atoms with Crippen molar-refractivity contribution in [3.05, 3.63) is 29.8 Å². The van der Waals surface area contributed by atoms with Gasteiger partial charge in [-0.15, -0.1) is 0 Å². The quantitative estimate of drug-likeness (QED) is 0.581. The van der Waals surface area contributed by atoms with E-state index in [9.17, 15) is 14.4 Å². The average Bonchev–Trinajstić information content (AvgIpc) is 3.52. The number of imide groups is 1. The second-order valence-corrected chi connectivity index (χ2v) is 10.9. The SMILES string of the molecule is CCC[C@]1(C2CCN(C(=O)c3ccc(N4CCCCC4)cc3)CC2)NC(=O)N(C[C@H]2CCCO2)C1=O. The molecule has 4 aliphatic rings. The molecule has 0 saturated carbocycles. The molecule has 1 aromatic rings. The number of amides is 4. The number of nitrogens with one attached hydrogen (secondary N) is 1. The fourth-order valence-corrected chi connectivity index (χ4v) is 6.57. The first-order valence-corrected chi connectivity index (χ1v) is 13.9. The molecule has 0 spiro atoms. The van der Waals surface area contributed by atoms with Gasteiger partial charge in [0.05, 0.1) is 12.6 Å². The molecule has 4 saturated heterocycles. The van der Waals surface area contributed by atoms with Gasteiger partial charge in [0.25, 0.3) is 11.8 Å². The maximum atomic E-state index is 13.6. The highest BCUT2D eigenvalue weighted by Gasteiger charge is 2.55. The molecule has 4 amide bonds. The summed E-state index contributed by atoms with van der Waals surface area (Å²) in [5, 5.41) is 3.10. The highest BCUT2D eigenvalue weighted by Crippen LogP contribution is 2.38. The predicted octanol–water partition coefficient (Wildman–Crippen LogP) is 3.80. The molecule has 1 N–H and O–H groups in total. The van der Waals surface area contributed by atoms with Crippen LogP contribution in [-0.2, 0) is 9.53 Å². The number of rotatable bonds is 7. The van der Waals surface area contributed by atoms with Crippen LogP contribution < -0.4 is 10.2 Å². The van der Waals surface area contributed by atoms with Gasteiger partial charge in [-0.3, -0.25) is 14.5 Å². The van der Waals surface area contributed by atoms with E-state index in [1.807, 2.05) is 17.0 Å². The minimum absolute atomic E-state index is 0.0222. The summed E-state index contributed by atoms with van der Waals surface area (Å²) in [7, 11) is 0. The number of likely N-dealkylation sites (tertiary alicyclic amines) is 1.